The van der Waals surface area contributed by atoms with Gasteiger partial charge < -0.3 is 10.4 Å². The van der Waals surface area contributed by atoms with Crippen molar-refractivity contribution in [1.82, 2.24) is 0 Å². The first kappa shape index (κ1) is 14.2. The van der Waals surface area contributed by atoms with E-state index in [4.69, 9.17) is 0 Å². The Morgan fingerprint density at radius 2 is 2.24 bits per heavy atom. The van der Waals surface area contributed by atoms with E-state index in [9.17, 15) is 5.11 Å². The maximum atomic E-state index is 9.66. The van der Waals surface area contributed by atoms with E-state index in [1.54, 1.807) is 30.2 Å². The van der Waals surface area contributed by atoms with E-state index < -0.39 is 0 Å². The Hall–Kier alpha value is -1.75. The van der Waals surface area contributed by atoms with Crippen molar-refractivity contribution in [2.24, 2.45) is 15.9 Å². The van der Waals surface area contributed by atoms with Gasteiger partial charge >= 0.3 is 0 Å². The van der Waals surface area contributed by atoms with E-state index >= 15 is 0 Å². The lowest BCUT2D eigenvalue weighted by Gasteiger charge is -2.31. The number of rotatable bonds is 2. The molecule has 0 saturated carbocycles. The molecule has 1 aliphatic carbocycles. The van der Waals surface area contributed by atoms with E-state index in [1.807, 2.05) is 13.0 Å². The fourth-order valence-corrected chi connectivity index (χ4v) is 3.36. The minimum atomic E-state index is 0.262. The van der Waals surface area contributed by atoms with Crippen LogP contribution in [0.25, 0.3) is 0 Å². The Labute approximate surface area is 129 Å². The summed E-state index contributed by atoms with van der Waals surface area (Å²) in [6, 6.07) is 5.62. The minimum absolute atomic E-state index is 0.262. The van der Waals surface area contributed by atoms with Crippen LogP contribution in [0.4, 0.5) is 5.69 Å². The van der Waals surface area contributed by atoms with Gasteiger partial charge in [-0.3, -0.25) is 4.99 Å². The zero-order valence-electron chi connectivity index (χ0n) is 12.2. The number of aromatic hydroxyl groups is 1. The van der Waals surface area contributed by atoms with Crippen LogP contribution in [0.1, 0.15) is 18.4 Å². The van der Waals surface area contributed by atoms with E-state index in [0.717, 1.165) is 29.9 Å². The molecule has 110 valence electrons. The van der Waals surface area contributed by atoms with Gasteiger partial charge in [0, 0.05) is 17.7 Å². The van der Waals surface area contributed by atoms with Gasteiger partial charge in [0.15, 0.2) is 0 Å². The quantitative estimate of drug-likeness (QED) is 0.878. The lowest BCUT2D eigenvalue weighted by Crippen LogP contribution is -2.36. The molecule has 1 heterocycles. The van der Waals surface area contributed by atoms with Crippen LogP contribution in [0.2, 0.25) is 0 Å². The minimum Gasteiger partial charge on any atom is -0.508 e. The number of benzene rings is 1. The molecule has 0 saturated heterocycles. The number of thioether (sulfide) groups is 1. The first-order valence-corrected chi connectivity index (χ1v) is 8.29. The Kier molecular flexibility index (Phi) is 4.01. The van der Waals surface area contributed by atoms with Crippen LogP contribution in [0.15, 0.2) is 39.2 Å². The maximum Gasteiger partial charge on any atom is 0.117 e. The number of nitrogens with zero attached hydrogens (tertiary/aromatic N) is 2. The van der Waals surface area contributed by atoms with Gasteiger partial charge in [0.05, 0.1) is 6.04 Å². The van der Waals surface area contributed by atoms with Crippen molar-refractivity contribution in [2.75, 3.05) is 11.6 Å². The third-order valence-corrected chi connectivity index (χ3v) is 4.88. The van der Waals surface area contributed by atoms with Crippen LogP contribution >= 0.6 is 11.8 Å². The number of hydrogen-bond donors (Lipinski definition) is 2. The second-order valence-electron chi connectivity index (χ2n) is 5.39. The van der Waals surface area contributed by atoms with Crippen molar-refractivity contribution < 1.29 is 5.11 Å². The summed E-state index contributed by atoms with van der Waals surface area (Å²) in [5.41, 5.74) is 1.99. The summed E-state index contributed by atoms with van der Waals surface area (Å²) < 4.78 is 0. The molecule has 4 nitrogen and oxygen atoms in total. The molecule has 2 N–H and O–H groups in total. The van der Waals surface area contributed by atoms with Gasteiger partial charge in [-0.05, 0) is 42.6 Å². The number of aryl methyl sites for hydroxylation is 1. The number of allylic oxidation sites excluding steroid dienone is 1. The molecule has 1 aliphatic heterocycles. The van der Waals surface area contributed by atoms with E-state index in [1.165, 1.54) is 4.91 Å². The molecule has 2 unspecified atom stereocenters. The number of fused-ring (bicyclic) bond motifs is 1. The molecule has 2 aliphatic rings. The first-order chi connectivity index (χ1) is 10.2. The van der Waals surface area contributed by atoms with Crippen LogP contribution in [0, 0.1) is 12.8 Å². The number of amidine groups is 1. The Morgan fingerprint density at radius 3 is 3.05 bits per heavy atom. The smallest absolute Gasteiger partial charge is 0.117 e. The highest BCUT2D eigenvalue weighted by Gasteiger charge is 2.31. The fraction of sp³-hybridized carbons (Fsp3) is 0.375. The molecule has 0 radical (unpaired) electrons. The number of anilines is 1. The average Bonchev–Trinajstić information content (AvgIpc) is 2.51. The number of phenols is 1. The Balaban J connectivity index is 1.84. The fourth-order valence-electron chi connectivity index (χ4n) is 2.75. The summed E-state index contributed by atoms with van der Waals surface area (Å²) in [4.78, 5) is 10.3. The average molecular weight is 301 g/mol. The summed E-state index contributed by atoms with van der Waals surface area (Å²) in [6.07, 6.45) is 8.00. The van der Waals surface area contributed by atoms with E-state index in [-0.39, 0.29) is 11.8 Å². The molecule has 1 aromatic carbocycles. The summed E-state index contributed by atoms with van der Waals surface area (Å²) in [6.45, 7) is 2.02. The lowest BCUT2D eigenvalue weighted by atomic mass is 9.87. The van der Waals surface area contributed by atoms with E-state index in [0.29, 0.717) is 5.92 Å². The number of phenolic OH excluding ortho intramolecular Hbond substituents is 1. The molecule has 0 spiro atoms. The molecule has 5 heteroatoms. The van der Waals surface area contributed by atoms with Crippen molar-refractivity contribution in [2.45, 2.75) is 25.8 Å². The molecular formula is C16H19N3OS. The normalized spacial score (nSPS) is 24.1. The number of aliphatic imine (C=N–C) groups is 2. The van der Waals surface area contributed by atoms with Crippen LogP contribution in [0.3, 0.4) is 0 Å². The molecule has 1 aromatic rings. The van der Waals surface area contributed by atoms with Crippen LogP contribution in [-0.4, -0.2) is 29.6 Å². The number of hydrogen-bond acceptors (Lipinski definition) is 5. The van der Waals surface area contributed by atoms with Crippen molar-refractivity contribution in [1.29, 1.82) is 0 Å². The highest BCUT2D eigenvalue weighted by atomic mass is 32.2. The number of nitrogens with one attached hydrogen (secondary N) is 1. The van der Waals surface area contributed by atoms with Gasteiger partial charge in [-0.25, -0.2) is 4.99 Å². The maximum absolute atomic E-state index is 9.66. The molecule has 3 rings (SSSR count). The molecule has 0 fully saturated rings. The molecule has 0 aromatic heterocycles. The predicted octanol–water partition coefficient (Wildman–Crippen LogP) is 3.58. The summed E-state index contributed by atoms with van der Waals surface area (Å²) in [5.74, 6) is 1.51. The summed E-state index contributed by atoms with van der Waals surface area (Å²) >= 11 is 1.80. The third kappa shape index (κ3) is 2.97. The zero-order chi connectivity index (χ0) is 14.8. The first-order valence-electron chi connectivity index (χ1n) is 7.06. The van der Waals surface area contributed by atoms with Gasteiger partial charge in [0.1, 0.15) is 17.9 Å². The van der Waals surface area contributed by atoms with Crippen molar-refractivity contribution in [3.05, 3.63) is 34.7 Å². The van der Waals surface area contributed by atoms with Crippen LogP contribution in [0.5, 0.6) is 5.75 Å². The van der Waals surface area contributed by atoms with Crippen LogP contribution < -0.4 is 5.32 Å². The largest absolute Gasteiger partial charge is 0.508 e. The lowest BCUT2D eigenvalue weighted by molar-refractivity contribution is 0.475. The molecule has 0 amide bonds. The summed E-state index contributed by atoms with van der Waals surface area (Å²) in [7, 11) is 0. The second kappa shape index (κ2) is 5.93. The standard InChI is InChI=1S/C16H19N3OS/c1-10-3-4-11(20)7-15(10)19-16-13-8-12(21-2)5-6-14(13)17-9-18-16/h3-5,7,9,13-14,20H,6,8H2,1-2H3,(H,17,18,19). The summed E-state index contributed by atoms with van der Waals surface area (Å²) in [5, 5.41) is 13.1. The van der Waals surface area contributed by atoms with Crippen molar-refractivity contribution in [3.8, 4) is 5.75 Å². The molecular weight excluding hydrogens is 282 g/mol. The second-order valence-corrected chi connectivity index (χ2v) is 6.32. The van der Waals surface area contributed by atoms with Crippen LogP contribution in [-0.2, 0) is 0 Å². The predicted molar refractivity (Wildman–Crippen MR) is 90.5 cm³/mol. The van der Waals surface area contributed by atoms with Crippen molar-refractivity contribution >= 4 is 29.6 Å². The van der Waals surface area contributed by atoms with Gasteiger partial charge in [-0.15, -0.1) is 11.8 Å². The van der Waals surface area contributed by atoms with Crippen molar-refractivity contribution in [3.63, 3.8) is 0 Å². The van der Waals surface area contributed by atoms with Gasteiger partial charge in [-0.2, -0.15) is 0 Å². The van der Waals surface area contributed by atoms with E-state index in [2.05, 4.69) is 27.6 Å². The van der Waals surface area contributed by atoms with Gasteiger partial charge in [0.2, 0.25) is 0 Å². The topological polar surface area (TPSA) is 57.0 Å². The zero-order valence-corrected chi connectivity index (χ0v) is 13.0. The highest BCUT2D eigenvalue weighted by molar-refractivity contribution is 8.02. The Morgan fingerprint density at radius 1 is 1.38 bits per heavy atom. The monoisotopic (exact) mass is 301 g/mol. The molecule has 0 bridgehead atoms. The highest BCUT2D eigenvalue weighted by Crippen LogP contribution is 2.34. The molecule has 21 heavy (non-hydrogen) atoms. The Bertz CT molecular complexity index is 636. The molecule has 2 atom stereocenters. The van der Waals surface area contributed by atoms with Gasteiger partial charge in [-0.1, -0.05) is 12.1 Å². The SMILES string of the molecule is CSC1=CCC2N=CN=C(Nc3cc(O)ccc3C)C2C1. The van der Waals surface area contributed by atoms with Gasteiger partial charge in [0.25, 0.3) is 0 Å². The third-order valence-electron chi connectivity index (χ3n) is 4.02.